The zero-order chi connectivity index (χ0) is 23.8. The van der Waals surface area contributed by atoms with E-state index < -0.39 is 23.2 Å². The van der Waals surface area contributed by atoms with Gasteiger partial charge in [0.05, 0.1) is 24.4 Å². The molecule has 166 valence electrons. The van der Waals surface area contributed by atoms with Crippen LogP contribution < -0.4 is 10.1 Å². The first-order valence-electron chi connectivity index (χ1n) is 9.65. The van der Waals surface area contributed by atoms with Gasteiger partial charge in [-0.3, -0.25) is 4.79 Å². The maximum Gasteiger partial charge on any atom is 0.417 e. The molecule has 1 amide bonds. The highest BCUT2D eigenvalue weighted by Gasteiger charge is 2.35. The summed E-state index contributed by atoms with van der Waals surface area (Å²) in [5.74, 6) is -0.364. The number of aryl methyl sites for hydroxylation is 1. The Bertz CT molecular complexity index is 1420. The molecule has 0 aliphatic carbocycles. The Hall–Kier alpha value is -4.39. The van der Waals surface area contributed by atoms with Crippen molar-refractivity contribution in [3.05, 3.63) is 77.0 Å². The predicted molar refractivity (Wildman–Crippen MR) is 114 cm³/mol. The lowest BCUT2D eigenvalue weighted by atomic mass is 10.1. The standard InChI is InChI=1S/C23H16F3N5O2/c1-13-10-19(29-20-15(13)7-5-9-18(20)33-2)31-21(14(11-27)12-28-31)30-22(32)16-6-3-4-8-17(16)23(24,25)26/h3-10,12H,1-2H3,(H,30,32). The highest BCUT2D eigenvalue weighted by Crippen LogP contribution is 2.33. The first kappa shape index (κ1) is 21.8. The number of anilines is 1. The molecule has 1 N–H and O–H groups in total. The number of carbonyl (C=O) groups excluding carboxylic acids is 1. The number of para-hydroxylation sites is 1. The molecule has 4 aromatic rings. The number of halogens is 3. The summed E-state index contributed by atoms with van der Waals surface area (Å²) in [7, 11) is 1.50. The number of carbonyl (C=O) groups is 1. The van der Waals surface area contributed by atoms with Crippen molar-refractivity contribution in [2.45, 2.75) is 13.1 Å². The van der Waals surface area contributed by atoms with Gasteiger partial charge in [-0.05, 0) is 36.8 Å². The van der Waals surface area contributed by atoms with Crippen LogP contribution in [0.4, 0.5) is 19.0 Å². The fraction of sp³-hybridized carbons (Fsp3) is 0.130. The van der Waals surface area contributed by atoms with E-state index in [4.69, 9.17) is 4.74 Å². The zero-order valence-electron chi connectivity index (χ0n) is 17.4. The molecular formula is C23H16F3N5O2. The number of hydrogen-bond acceptors (Lipinski definition) is 5. The molecule has 33 heavy (non-hydrogen) atoms. The van der Waals surface area contributed by atoms with Crippen molar-refractivity contribution in [2.75, 3.05) is 12.4 Å². The van der Waals surface area contributed by atoms with Gasteiger partial charge in [-0.25, -0.2) is 4.98 Å². The summed E-state index contributed by atoms with van der Waals surface area (Å²) in [6, 6.07) is 13.4. The summed E-state index contributed by atoms with van der Waals surface area (Å²) in [6.07, 6.45) is -3.52. The summed E-state index contributed by atoms with van der Waals surface area (Å²) >= 11 is 0. The van der Waals surface area contributed by atoms with Gasteiger partial charge in [0.2, 0.25) is 0 Å². The van der Waals surface area contributed by atoms with E-state index in [0.29, 0.717) is 11.3 Å². The van der Waals surface area contributed by atoms with E-state index >= 15 is 0 Å². The monoisotopic (exact) mass is 451 g/mol. The second kappa shape index (κ2) is 8.27. The van der Waals surface area contributed by atoms with Crippen molar-refractivity contribution < 1.29 is 22.7 Å². The second-order valence-electron chi connectivity index (χ2n) is 7.08. The molecular weight excluding hydrogens is 435 g/mol. The summed E-state index contributed by atoms with van der Waals surface area (Å²) in [5.41, 5.74) is -0.346. The van der Waals surface area contributed by atoms with Gasteiger partial charge >= 0.3 is 6.18 Å². The van der Waals surface area contributed by atoms with Gasteiger partial charge in [0.25, 0.3) is 5.91 Å². The van der Waals surface area contributed by atoms with Gasteiger partial charge in [0.15, 0.2) is 11.6 Å². The van der Waals surface area contributed by atoms with Gasteiger partial charge in [-0.15, -0.1) is 0 Å². The number of alkyl halides is 3. The third-order valence-electron chi connectivity index (χ3n) is 5.03. The van der Waals surface area contributed by atoms with Crippen molar-refractivity contribution in [3.63, 3.8) is 0 Å². The summed E-state index contributed by atoms with van der Waals surface area (Å²) < 4.78 is 46.7. The Kier molecular flexibility index (Phi) is 5.47. The van der Waals surface area contributed by atoms with Crippen molar-refractivity contribution in [1.82, 2.24) is 14.8 Å². The first-order valence-corrected chi connectivity index (χ1v) is 9.65. The molecule has 0 spiro atoms. The van der Waals surface area contributed by atoms with Gasteiger partial charge < -0.3 is 10.1 Å². The number of nitrogens with zero attached hydrogens (tertiary/aromatic N) is 4. The fourth-order valence-electron chi connectivity index (χ4n) is 3.47. The van der Waals surface area contributed by atoms with Crippen LogP contribution in [-0.2, 0) is 6.18 Å². The topological polar surface area (TPSA) is 92.8 Å². The fourth-order valence-corrected chi connectivity index (χ4v) is 3.47. The summed E-state index contributed by atoms with van der Waals surface area (Å²) in [4.78, 5) is 17.4. The van der Waals surface area contributed by atoms with Crippen molar-refractivity contribution in [1.29, 1.82) is 5.26 Å². The normalized spacial score (nSPS) is 11.3. The molecule has 2 aromatic heterocycles. The molecule has 0 aliphatic rings. The third-order valence-corrected chi connectivity index (χ3v) is 5.03. The average molecular weight is 451 g/mol. The minimum atomic E-state index is -4.72. The largest absolute Gasteiger partial charge is 0.494 e. The maximum atomic E-state index is 13.4. The summed E-state index contributed by atoms with van der Waals surface area (Å²) in [5, 5.41) is 16.8. The van der Waals surface area contributed by atoms with E-state index in [1.807, 2.05) is 25.1 Å². The van der Waals surface area contributed by atoms with Gasteiger partial charge in [0, 0.05) is 5.39 Å². The molecule has 0 unspecified atom stereocenters. The molecule has 2 heterocycles. The molecule has 0 atom stereocenters. The number of fused-ring (bicyclic) bond motifs is 1. The number of ether oxygens (including phenoxy) is 1. The van der Waals surface area contributed by atoms with E-state index in [9.17, 15) is 23.2 Å². The number of nitriles is 1. The summed E-state index contributed by atoms with van der Waals surface area (Å²) in [6.45, 7) is 1.85. The Morgan fingerprint density at radius 2 is 1.94 bits per heavy atom. The molecule has 2 aromatic carbocycles. The minimum Gasteiger partial charge on any atom is -0.494 e. The van der Waals surface area contributed by atoms with Gasteiger partial charge in [0.1, 0.15) is 22.9 Å². The quantitative estimate of drug-likeness (QED) is 0.477. The molecule has 0 fully saturated rings. The highest BCUT2D eigenvalue weighted by atomic mass is 19.4. The Morgan fingerprint density at radius 3 is 2.64 bits per heavy atom. The number of benzene rings is 2. The predicted octanol–water partition coefficient (Wildman–Crippen LogP) is 4.88. The first-order chi connectivity index (χ1) is 15.7. The van der Waals surface area contributed by atoms with E-state index in [2.05, 4.69) is 15.4 Å². The van der Waals surface area contributed by atoms with Crippen molar-refractivity contribution >= 4 is 22.6 Å². The average Bonchev–Trinajstić information content (AvgIpc) is 3.20. The molecule has 10 heteroatoms. The number of aromatic nitrogens is 3. The Balaban J connectivity index is 1.82. The molecule has 4 rings (SSSR count). The number of rotatable bonds is 4. The lowest BCUT2D eigenvalue weighted by molar-refractivity contribution is -0.137. The third kappa shape index (κ3) is 3.96. The van der Waals surface area contributed by atoms with Crippen LogP contribution in [0.1, 0.15) is 27.0 Å². The molecule has 0 saturated carbocycles. The van der Waals surface area contributed by atoms with Crippen LogP contribution >= 0.6 is 0 Å². The zero-order valence-corrected chi connectivity index (χ0v) is 17.4. The number of hydrogen-bond donors (Lipinski definition) is 1. The molecule has 7 nitrogen and oxygen atoms in total. The van der Waals surface area contributed by atoms with Gasteiger partial charge in [-0.1, -0.05) is 24.3 Å². The smallest absolute Gasteiger partial charge is 0.417 e. The van der Waals surface area contributed by atoms with E-state index in [-0.39, 0.29) is 17.2 Å². The van der Waals surface area contributed by atoms with E-state index in [1.54, 1.807) is 12.1 Å². The Labute approximate surface area is 186 Å². The SMILES string of the molecule is COc1cccc2c(C)cc(-n3ncc(C#N)c3NC(=O)c3ccccc3C(F)(F)F)nc12. The number of nitrogens with one attached hydrogen (secondary N) is 1. The highest BCUT2D eigenvalue weighted by molar-refractivity contribution is 6.05. The Morgan fingerprint density at radius 1 is 1.18 bits per heavy atom. The van der Waals surface area contributed by atoms with E-state index in [0.717, 1.165) is 23.1 Å². The number of methoxy groups -OCH3 is 1. The van der Waals surface area contributed by atoms with Crippen LogP contribution in [0.3, 0.4) is 0 Å². The van der Waals surface area contributed by atoms with Crippen LogP contribution in [0.25, 0.3) is 16.7 Å². The molecule has 0 aliphatic heterocycles. The second-order valence-corrected chi connectivity index (χ2v) is 7.08. The lowest BCUT2D eigenvalue weighted by Gasteiger charge is -2.14. The number of amides is 1. The van der Waals surface area contributed by atoms with E-state index in [1.165, 1.54) is 30.1 Å². The molecule has 0 saturated heterocycles. The van der Waals surface area contributed by atoms with Crippen molar-refractivity contribution in [3.8, 4) is 17.6 Å². The van der Waals surface area contributed by atoms with Crippen LogP contribution in [-0.4, -0.2) is 27.8 Å². The van der Waals surface area contributed by atoms with Crippen molar-refractivity contribution in [2.24, 2.45) is 0 Å². The lowest BCUT2D eigenvalue weighted by Crippen LogP contribution is -2.20. The van der Waals surface area contributed by atoms with Crippen LogP contribution in [0.5, 0.6) is 5.75 Å². The minimum absolute atomic E-state index is 0.0348. The number of pyridine rings is 1. The van der Waals surface area contributed by atoms with Crippen LogP contribution in [0.2, 0.25) is 0 Å². The van der Waals surface area contributed by atoms with Crippen LogP contribution in [0.15, 0.2) is 54.7 Å². The maximum absolute atomic E-state index is 13.4. The molecule has 0 radical (unpaired) electrons. The van der Waals surface area contributed by atoms with Gasteiger partial charge in [-0.2, -0.15) is 28.2 Å². The molecule has 0 bridgehead atoms. The van der Waals surface area contributed by atoms with Crippen LogP contribution in [0, 0.1) is 18.3 Å².